The number of hydrogen-bond acceptors (Lipinski definition) is 6. The molecule has 5 aromatic rings. The van der Waals surface area contributed by atoms with Gasteiger partial charge in [-0.2, -0.15) is 9.78 Å². The van der Waals surface area contributed by atoms with Crippen molar-refractivity contribution in [3.8, 4) is 17.0 Å². The smallest absolute Gasteiger partial charge is 0.342 e. The lowest BCUT2D eigenvalue weighted by molar-refractivity contribution is 0.102. The standard InChI is InChI=1S/C30H26N6O3/c37-28-14-13-21(33-29(38)26-18-31-23-11-4-5-12-24(23)34-26)15-22(28)25-16-27(20-9-6-10-20)36(35-25)30(39)32-17-19-7-2-1-3-8-19/h1-5,7-8,11-16,18,20,37H,6,9-10,17H2,(H,32,39)(H,33,38). The molecule has 0 atom stereocenters. The van der Waals surface area contributed by atoms with Crippen molar-refractivity contribution in [1.29, 1.82) is 0 Å². The van der Waals surface area contributed by atoms with E-state index in [-0.39, 0.29) is 23.4 Å². The van der Waals surface area contributed by atoms with Crippen LogP contribution in [-0.2, 0) is 6.54 Å². The first kappa shape index (κ1) is 24.3. The van der Waals surface area contributed by atoms with Crippen LogP contribution in [0.5, 0.6) is 5.75 Å². The van der Waals surface area contributed by atoms with Gasteiger partial charge in [-0.05, 0) is 54.8 Å². The van der Waals surface area contributed by atoms with Crippen LogP contribution in [0.15, 0.2) is 85.1 Å². The third-order valence-corrected chi connectivity index (χ3v) is 6.95. The predicted octanol–water partition coefficient (Wildman–Crippen LogP) is 5.48. The van der Waals surface area contributed by atoms with Gasteiger partial charge >= 0.3 is 6.03 Å². The summed E-state index contributed by atoms with van der Waals surface area (Å²) in [6, 6.07) is 23.2. The topological polar surface area (TPSA) is 122 Å². The van der Waals surface area contributed by atoms with E-state index in [0.717, 1.165) is 30.5 Å². The second-order valence-corrected chi connectivity index (χ2v) is 9.57. The van der Waals surface area contributed by atoms with Gasteiger partial charge in [0.05, 0.1) is 28.6 Å². The van der Waals surface area contributed by atoms with Gasteiger partial charge in [0, 0.05) is 23.7 Å². The van der Waals surface area contributed by atoms with Crippen LogP contribution in [0.1, 0.15) is 46.9 Å². The molecule has 6 rings (SSSR count). The molecule has 0 radical (unpaired) electrons. The SMILES string of the molecule is O=C(Nc1ccc(O)c(-c2cc(C3CCC3)n(C(=O)NCc3ccccc3)n2)c1)c1cnc2ccccc2n1. The molecule has 2 heterocycles. The van der Waals surface area contributed by atoms with Crippen molar-refractivity contribution < 1.29 is 14.7 Å². The van der Waals surface area contributed by atoms with Crippen LogP contribution in [0.4, 0.5) is 10.5 Å². The maximum Gasteiger partial charge on any atom is 0.342 e. The highest BCUT2D eigenvalue weighted by Crippen LogP contribution is 2.39. The highest BCUT2D eigenvalue weighted by Gasteiger charge is 2.27. The van der Waals surface area contributed by atoms with Crippen LogP contribution in [0.2, 0.25) is 0 Å². The summed E-state index contributed by atoms with van der Waals surface area (Å²) in [7, 11) is 0. The molecule has 1 fully saturated rings. The van der Waals surface area contributed by atoms with Gasteiger partial charge in [-0.15, -0.1) is 0 Å². The van der Waals surface area contributed by atoms with Gasteiger partial charge in [0.15, 0.2) is 0 Å². The summed E-state index contributed by atoms with van der Waals surface area (Å²) in [6.45, 7) is 0.378. The Morgan fingerprint density at radius 2 is 1.72 bits per heavy atom. The predicted molar refractivity (Wildman–Crippen MR) is 147 cm³/mol. The molecular formula is C30H26N6O3. The van der Waals surface area contributed by atoms with Crippen molar-refractivity contribution in [3.63, 3.8) is 0 Å². The number of rotatable bonds is 6. The molecule has 0 unspecified atom stereocenters. The molecule has 3 N–H and O–H groups in total. The Labute approximate surface area is 224 Å². The molecular weight excluding hydrogens is 492 g/mol. The number of nitrogens with one attached hydrogen (secondary N) is 2. The van der Waals surface area contributed by atoms with Gasteiger partial charge in [-0.25, -0.2) is 9.78 Å². The number of carbonyl (C=O) groups is 2. The Kier molecular flexibility index (Phi) is 6.46. The summed E-state index contributed by atoms with van der Waals surface area (Å²) in [5.41, 5.74) is 4.61. The zero-order chi connectivity index (χ0) is 26.8. The number of fused-ring (bicyclic) bond motifs is 1. The first-order chi connectivity index (χ1) is 19.0. The molecule has 194 valence electrons. The van der Waals surface area contributed by atoms with Crippen molar-refractivity contribution in [2.45, 2.75) is 31.7 Å². The van der Waals surface area contributed by atoms with Gasteiger partial charge in [-0.3, -0.25) is 9.78 Å². The number of benzene rings is 3. The second kappa shape index (κ2) is 10.4. The van der Waals surface area contributed by atoms with Gasteiger partial charge in [-0.1, -0.05) is 48.9 Å². The zero-order valence-electron chi connectivity index (χ0n) is 21.0. The average molecular weight is 519 g/mol. The second-order valence-electron chi connectivity index (χ2n) is 9.57. The Morgan fingerprint density at radius 3 is 2.49 bits per heavy atom. The lowest BCUT2D eigenvalue weighted by Crippen LogP contribution is -2.31. The Balaban J connectivity index is 1.26. The van der Waals surface area contributed by atoms with Gasteiger partial charge < -0.3 is 15.7 Å². The summed E-state index contributed by atoms with van der Waals surface area (Å²) in [5.74, 6) is -0.205. The number of phenolic OH excluding ortho intramolecular Hbond substituents is 1. The number of aromatic hydroxyl groups is 1. The minimum Gasteiger partial charge on any atom is -0.507 e. The Bertz CT molecular complexity index is 1680. The lowest BCUT2D eigenvalue weighted by atomic mass is 9.82. The first-order valence-corrected chi connectivity index (χ1v) is 12.8. The number of carbonyl (C=O) groups excluding carboxylic acids is 2. The van der Waals surface area contributed by atoms with E-state index < -0.39 is 5.91 Å². The fourth-order valence-electron chi connectivity index (χ4n) is 4.61. The molecule has 2 amide bonds. The fraction of sp³-hybridized carbons (Fsp3) is 0.167. The Hall–Kier alpha value is -5.05. The van der Waals surface area contributed by atoms with Crippen LogP contribution in [0, 0.1) is 0 Å². The molecule has 0 aliphatic heterocycles. The van der Waals surface area contributed by atoms with E-state index in [1.807, 2.05) is 54.6 Å². The summed E-state index contributed by atoms with van der Waals surface area (Å²) in [5, 5.41) is 21.0. The summed E-state index contributed by atoms with van der Waals surface area (Å²) in [4.78, 5) is 34.7. The molecule has 1 aliphatic carbocycles. The van der Waals surface area contributed by atoms with Crippen LogP contribution in [0.3, 0.4) is 0 Å². The molecule has 39 heavy (non-hydrogen) atoms. The molecule has 0 spiro atoms. The number of phenols is 1. The number of amides is 2. The van der Waals surface area contributed by atoms with E-state index >= 15 is 0 Å². The van der Waals surface area contributed by atoms with E-state index in [2.05, 4.69) is 25.7 Å². The molecule has 0 saturated heterocycles. The van der Waals surface area contributed by atoms with E-state index in [0.29, 0.717) is 34.5 Å². The minimum atomic E-state index is -0.425. The lowest BCUT2D eigenvalue weighted by Gasteiger charge is -2.25. The maximum absolute atomic E-state index is 13.1. The van der Waals surface area contributed by atoms with Crippen LogP contribution in [0.25, 0.3) is 22.3 Å². The van der Waals surface area contributed by atoms with Crippen LogP contribution in [-0.4, -0.2) is 36.8 Å². The summed E-state index contributed by atoms with van der Waals surface area (Å²) in [6.07, 6.45) is 4.48. The highest BCUT2D eigenvalue weighted by atomic mass is 16.3. The zero-order valence-corrected chi connectivity index (χ0v) is 21.0. The third kappa shape index (κ3) is 5.06. The number of para-hydroxylation sites is 2. The normalized spacial score (nSPS) is 13.1. The van der Waals surface area contributed by atoms with Gasteiger partial charge in [0.2, 0.25) is 0 Å². The minimum absolute atomic E-state index is 0.00648. The van der Waals surface area contributed by atoms with Gasteiger partial charge in [0.25, 0.3) is 5.91 Å². The van der Waals surface area contributed by atoms with E-state index in [9.17, 15) is 14.7 Å². The number of hydrogen-bond donors (Lipinski definition) is 3. The number of anilines is 1. The summed E-state index contributed by atoms with van der Waals surface area (Å²) < 4.78 is 1.40. The van der Waals surface area contributed by atoms with Crippen molar-refractivity contribution in [2.75, 3.05) is 5.32 Å². The molecule has 9 heteroatoms. The maximum atomic E-state index is 13.1. The van der Waals surface area contributed by atoms with E-state index in [4.69, 9.17) is 0 Å². The van der Waals surface area contributed by atoms with Crippen molar-refractivity contribution in [3.05, 3.63) is 102 Å². The quantitative estimate of drug-likeness (QED) is 0.256. The monoisotopic (exact) mass is 518 g/mol. The largest absolute Gasteiger partial charge is 0.507 e. The van der Waals surface area contributed by atoms with Gasteiger partial charge in [0.1, 0.15) is 11.4 Å². The number of nitrogens with zero attached hydrogens (tertiary/aromatic N) is 4. The third-order valence-electron chi connectivity index (χ3n) is 6.95. The van der Waals surface area contributed by atoms with E-state index in [1.165, 1.54) is 16.9 Å². The van der Waals surface area contributed by atoms with Crippen LogP contribution < -0.4 is 10.6 Å². The van der Waals surface area contributed by atoms with E-state index in [1.54, 1.807) is 18.2 Å². The van der Waals surface area contributed by atoms with Crippen molar-refractivity contribution in [1.82, 2.24) is 25.1 Å². The fourth-order valence-corrected chi connectivity index (χ4v) is 4.61. The molecule has 2 aromatic heterocycles. The number of aromatic nitrogens is 4. The average Bonchev–Trinajstić information content (AvgIpc) is 3.36. The molecule has 0 bridgehead atoms. The van der Waals surface area contributed by atoms with Crippen molar-refractivity contribution >= 4 is 28.7 Å². The molecule has 3 aromatic carbocycles. The highest BCUT2D eigenvalue weighted by molar-refractivity contribution is 6.04. The molecule has 1 saturated carbocycles. The summed E-state index contributed by atoms with van der Waals surface area (Å²) >= 11 is 0. The Morgan fingerprint density at radius 1 is 0.949 bits per heavy atom. The molecule has 1 aliphatic rings. The van der Waals surface area contributed by atoms with Crippen molar-refractivity contribution in [2.24, 2.45) is 0 Å². The molecule has 9 nitrogen and oxygen atoms in total. The first-order valence-electron chi connectivity index (χ1n) is 12.8. The van der Waals surface area contributed by atoms with Crippen LogP contribution >= 0.6 is 0 Å².